The topological polar surface area (TPSA) is 224 Å². The predicted octanol–water partition coefficient (Wildman–Crippen LogP) is 6.60. The Bertz CT molecular complexity index is 3000. The summed E-state index contributed by atoms with van der Waals surface area (Å²) in [4.78, 5) is 12.3. The number of methoxy groups -OCH3 is 1. The van der Waals surface area contributed by atoms with Crippen LogP contribution in [-0.2, 0) is 26.6 Å². The van der Waals surface area contributed by atoms with E-state index in [-0.39, 0.29) is 21.5 Å². The van der Waals surface area contributed by atoms with E-state index in [1.165, 1.54) is 51.4 Å². The molecule has 2 atom stereocenters. The Hall–Kier alpha value is -6.30. The second-order valence-electron chi connectivity index (χ2n) is 14.9. The third kappa shape index (κ3) is 10.3. The molecule has 21 heteroatoms. The van der Waals surface area contributed by atoms with Crippen molar-refractivity contribution in [1.29, 1.82) is 0 Å². The molecule has 0 radical (unpaired) electrons. The van der Waals surface area contributed by atoms with Gasteiger partial charge in [0.25, 0.3) is 20.0 Å². The third-order valence-corrected chi connectivity index (χ3v) is 15.6. The zero-order valence-corrected chi connectivity index (χ0v) is 39.1. The third-order valence-electron chi connectivity index (χ3n) is 10.8. The van der Waals surface area contributed by atoms with Gasteiger partial charge in [-0.2, -0.15) is 0 Å². The zero-order valence-electron chi connectivity index (χ0n) is 35.8. The molecule has 0 bridgehead atoms. The lowest BCUT2D eigenvalue weighted by Gasteiger charge is -2.33. The first-order valence-electron chi connectivity index (χ1n) is 20.7. The average molecular weight is 987 g/mol. The summed E-state index contributed by atoms with van der Waals surface area (Å²) in [7, 11) is -6.22. The average Bonchev–Trinajstić information content (AvgIpc) is 4.10. The lowest BCUT2D eigenvalue weighted by Crippen LogP contribution is -2.32. The Morgan fingerprint density at radius 3 is 1.76 bits per heavy atom. The standard InChI is InChI=1S/C27H27N3O6S2.C19H19N3O5S2/c1-35-20-8-6-19(7-9-20)17-30(27-28-12-15-37-27)38(33,34)21-10-11-24-26(16-21)36-14-13-29(24)23-5-3-2-4-22(23)25(32)18-31;23-12-17(24)14-3-1-2-4-15(14)22-8-9-27-18-11-13(5-6-16(18)22)29(25,26)21-19-20-7-10-28-19/h2-12,15-16,25,31-32H,13-14,17-18H2,1H3;1-7,10-11,17,23-24H,8-9,12H2,(H,20,21). The van der Waals surface area contributed by atoms with Gasteiger partial charge in [0.05, 0.1) is 61.1 Å². The molecule has 0 spiro atoms. The molecule has 5 N–H and O–H groups in total. The highest BCUT2D eigenvalue weighted by Crippen LogP contribution is 2.43. The SMILES string of the molecule is COc1ccc(CN(c2nccs2)S(=O)(=O)c2ccc3c(c2)OCCN3c2ccccc2C(O)CO)cc1.O=S(=O)(Nc1nccs1)c1ccc2c(c1)OCCN2c1ccccc1C(O)CO. The Morgan fingerprint density at radius 2 is 1.24 bits per heavy atom. The van der Waals surface area contributed by atoms with Gasteiger partial charge in [-0.05, 0) is 54.1 Å². The molecule has 2 aliphatic rings. The first kappa shape index (κ1) is 47.2. The normalized spacial score (nSPS) is 14.3. The number of nitrogens with zero attached hydrogens (tertiary/aromatic N) is 5. The smallest absolute Gasteiger partial charge is 0.266 e. The van der Waals surface area contributed by atoms with Gasteiger partial charge in [0, 0.05) is 57.8 Å². The van der Waals surface area contributed by atoms with Gasteiger partial charge in [0.2, 0.25) is 0 Å². The number of anilines is 6. The molecule has 2 aromatic heterocycles. The van der Waals surface area contributed by atoms with Crippen molar-refractivity contribution in [2.45, 2.75) is 28.5 Å². The first-order valence-corrected chi connectivity index (χ1v) is 25.4. The van der Waals surface area contributed by atoms with Crippen molar-refractivity contribution < 1.29 is 51.5 Å². The number of hydrogen-bond acceptors (Lipinski definition) is 17. The summed E-state index contributed by atoms with van der Waals surface area (Å²) in [5.41, 5.74) is 4.75. The molecule has 4 heterocycles. The highest BCUT2D eigenvalue weighted by atomic mass is 32.2. The monoisotopic (exact) mass is 986 g/mol. The van der Waals surface area contributed by atoms with Crippen molar-refractivity contribution in [3.8, 4) is 17.2 Å². The highest BCUT2D eigenvalue weighted by Gasteiger charge is 2.31. The lowest BCUT2D eigenvalue weighted by atomic mass is 10.1. The molecule has 0 fully saturated rings. The summed E-state index contributed by atoms with van der Waals surface area (Å²) >= 11 is 2.43. The summed E-state index contributed by atoms with van der Waals surface area (Å²) in [6, 6.07) is 31.1. The molecule has 9 rings (SSSR count). The number of sulfonamides is 2. The Kier molecular flexibility index (Phi) is 14.6. The Labute approximate surface area is 395 Å². The summed E-state index contributed by atoms with van der Waals surface area (Å²) in [6.07, 6.45) is 1.04. The number of rotatable bonds is 15. The number of benzene rings is 5. The highest BCUT2D eigenvalue weighted by molar-refractivity contribution is 7.93. The minimum absolute atomic E-state index is 0.0666. The van der Waals surface area contributed by atoms with Gasteiger partial charge in [0.1, 0.15) is 42.7 Å². The summed E-state index contributed by atoms with van der Waals surface area (Å²) in [6.45, 7) is 0.973. The van der Waals surface area contributed by atoms with Gasteiger partial charge < -0.3 is 44.4 Å². The van der Waals surface area contributed by atoms with Gasteiger partial charge >= 0.3 is 0 Å². The fraction of sp³-hybridized carbons (Fsp3) is 0.217. The van der Waals surface area contributed by atoms with Crippen LogP contribution in [0.4, 0.5) is 33.0 Å². The van der Waals surface area contributed by atoms with Crippen LogP contribution in [0.25, 0.3) is 0 Å². The summed E-state index contributed by atoms with van der Waals surface area (Å²) in [5, 5.41) is 43.4. The maximum Gasteiger partial charge on any atom is 0.266 e. The Balaban J connectivity index is 0.000000188. The van der Waals surface area contributed by atoms with Crippen LogP contribution >= 0.6 is 22.7 Å². The number of aliphatic hydroxyl groups is 4. The van der Waals surface area contributed by atoms with Crippen LogP contribution in [0.5, 0.6) is 17.2 Å². The molecule has 5 aromatic carbocycles. The number of aromatic nitrogens is 2. The van der Waals surface area contributed by atoms with Crippen LogP contribution in [0, 0.1) is 0 Å². The molecule has 2 aliphatic heterocycles. The molecule has 2 unspecified atom stereocenters. The molecular formula is C46H46N6O11S4. The second kappa shape index (κ2) is 20.7. The lowest BCUT2D eigenvalue weighted by molar-refractivity contribution is 0.0959. The van der Waals surface area contributed by atoms with Crippen LogP contribution in [0.1, 0.15) is 28.9 Å². The van der Waals surface area contributed by atoms with Crippen molar-refractivity contribution in [2.75, 3.05) is 65.5 Å². The number of nitrogens with one attached hydrogen (secondary N) is 1. The Morgan fingerprint density at radius 1 is 0.701 bits per heavy atom. The molecule has 350 valence electrons. The maximum atomic E-state index is 13.9. The van der Waals surface area contributed by atoms with E-state index >= 15 is 0 Å². The molecule has 0 saturated carbocycles. The fourth-order valence-electron chi connectivity index (χ4n) is 7.52. The first-order chi connectivity index (χ1) is 32.4. The predicted molar refractivity (Wildman–Crippen MR) is 256 cm³/mol. The minimum Gasteiger partial charge on any atom is -0.497 e. The van der Waals surface area contributed by atoms with Crippen molar-refractivity contribution in [2.24, 2.45) is 0 Å². The molecular weight excluding hydrogens is 941 g/mol. The van der Waals surface area contributed by atoms with Gasteiger partial charge in [-0.25, -0.2) is 31.1 Å². The van der Waals surface area contributed by atoms with E-state index in [0.717, 1.165) is 16.9 Å². The largest absolute Gasteiger partial charge is 0.497 e. The van der Waals surface area contributed by atoms with Gasteiger partial charge in [-0.3, -0.25) is 4.72 Å². The maximum absolute atomic E-state index is 13.9. The van der Waals surface area contributed by atoms with Crippen molar-refractivity contribution in [3.05, 3.63) is 149 Å². The number of aliphatic hydroxyl groups excluding tert-OH is 4. The van der Waals surface area contributed by atoms with E-state index in [2.05, 4.69) is 14.7 Å². The van der Waals surface area contributed by atoms with Crippen LogP contribution in [0.3, 0.4) is 0 Å². The van der Waals surface area contributed by atoms with Crippen molar-refractivity contribution in [1.82, 2.24) is 9.97 Å². The number of hydrogen-bond donors (Lipinski definition) is 5. The van der Waals surface area contributed by atoms with E-state index < -0.39 is 45.5 Å². The second-order valence-corrected chi connectivity index (χ2v) is 20.2. The van der Waals surface area contributed by atoms with Gasteiger partial charge in [-0.1, -0.05) is 48.5 Å². The molecule has 0 aliphatic carbocycles. The zero-order chi connectivity index (χ0) is 47.1. The number of ether oxygens (including phenoxy) is 3. The number of para-hydroxylation sites is 2. The minimum atomic E-state index is -4.00. The summed E-state index contributed by atoms with van der Waals surface area (Å²) in [5.74, 6) is 1.52. The molecule has 0 amide bonds. The van der Waals surface area contributed by atoms with E-state index in [1.54, 1.807) is 78.7 Å². The fourth-order valence-corrected chi connectivity index (χ4v) is 11.6. The van der Waals surface area contributed by atoms with E-state index in [0.29, 0.717) is 71.2 Å². The molecule has 0 saturated heterocycles. The van der Waals surface area contributed by atoms with E-state index in [1.807, 2.05) is 46.2 Å². The summed E-state index contributed by atoms with van der Waals surface area (Å²) < 4.78 is 73.7. The van der Waals surface area contributed by atoms with Crippen molar-refractivity contribution >= 4 is 75.7 Å². The van der Waals surface area contributed by atoms with Crippen LogP contribution in [0.15, 0.2) is 142 Å². The quantitative estimate of drug-likeness (QED) is 0.0730. The van der Waals surface area contributed by atoms with Gasteiger partial charge in [0.15, 0.2) is 10.3 Å². The number of fused-ring (bicyclic) bond motifs is 2. The van der Waals surface area contributed by atoms with E-state index in [4.69, 9.17) is 14.2 Å². The van der Waals surface area contributed by atoms with Crippen LogP contribution in [0.2, 0.25) is 0 Å². The number of thiazole rings is 2. The van der Waals surface area contributed by atoms with Crippen LogP contribution < -0.4 is 33.0 Å². The van der Waals surface area contributed by atoms with Gasteiger partial charge in [-0.15, -0.1) is 22.7 Å². The van der Waals surface area contributed by atoms with E-state index in [9.17, 15) is 37.3 Å². The molecule has 67 heavy (non-hydrogen) atoms. The molecule has 17 nitrogen and oxygen atoms in total. The van der Waals surface area contributed by atoms with Crippen molar-refractivity contribution in [3.63, 3.8) is 0 Å². The molecule has 7 aromatic rings. The van der Waals surface area contributed by atoms with Crippen LogP contribution in [-0.4, -0.2) is 93.9 Å².